The molecule has 1 aliphatic rings. The molecule has 9 heteroatoms. The van der Waals surface area contributed by atoms with Gasteiger partial charge in [-0.05, 0) is 34.6 Å². The summed E-state index contributed by atoms with van der Waals surface area (Å²) in [6.45, 7) is 24.7. The van der Waals surface area contributed by atoms with Gasteiger partial charge in [0.2, 0.25) is 17.7 Å². The van der Waals surface area contributed by atoms with Crippen molar-refractivity contribution in [3.63, 3.8) is 0 Å². The van der Waals surface area contributed by atoms with Gasteiger partial charge in [-0.25, -0.2) is 0 Å². The van der Waals surface area contributed by atoms with Gasteiger partial charge in [0, 0.05) is 25.7 Å². The number of nitrogens with one attached hydrogen (secondary N) is 3. The van der Waals surface area contributed by atoms with Crippen molar-refractivity contribution in [3.8, 4) is 18.1 Å². The molecule has 1 heterocycles. The Balaban J connectivity index is 0. The van der Waals surface area contributed by atoms with Gasteiger partial charge in [-0.2, -0.15) is 0 Å². The molecule has 0 spiro atoms. The van der Waals surface area contributed by atoms with Gasteiger partial charge < -0.3 is 25.6 Å². The highest BCUT2D eigenvalue weighted by Gasteiger charge is 2.35. The molecule has 0 fully saturated rings. The number of hydrogen-bond donors (Lipinski definition) is 3. The third-order valence-corrected chi connectivity index (χ3v) is 6.40. The van der Waals surface area contributed by atoms with Crippen LogP contribution >= 0.6 is 0 Å². The Labute approximate surface area is 253 Å². The predicted molar refractivity (Wildman–Crippen MR) is 171 cm³/mol. The van der Waals surface area contributed by atoms with E-state index in [1.54, 1.807) is 6.07 Å². The lowest BCUT2D eigenvalue weighted by atomic mass is 9.65. The van der Waals surface area contributed by atoms with Crippen molar-refractivity contribution >= 4 is 23.6 Å². The Morgan fingerprint density at radius 1 is 1.10 bits per heavy atom. The van der Waals surface area contributed by atoms with Crippen LogP contribution in [0.15, 0.2) is 42.6 Å². The van der Waals surface area contributed by atoms with E-state index < -0.39 is 0 Å². The summed E-state index contributed by atoms with van der Waals surface area (Å²) in [6.07, 6.45) is 7.49. The topological polar surface area (TPSA) is 117 Å². The molecule has 0 atom stereocenters. The number of likely N-dealkylation sites (N-methyl/N-ethyl adjacent to an activating group) is 1. The predicted octanol–water partition coefficient (Wildman–Crippen LogP) is 4.59. The molecule has 1 aliphatic heterocycles. The monoisotopic (exact) mass is 584 g/mol. The van der Waals surface area contributed by atoms with E-state index in [-0.39, 0.29) is 59.9 Å². The first-order chi connectivity index (χ1) is 19.6. The molecule has 0 radical (unpaired) electrons. The van der Waals surface area contributed by atoms with Gasteiger partial charge in [-0.1, -0.05) is 80.9 Å². The number of ether oxygens (including phenoxy) is 1. The van der Waals surface area contributed by atoms with Gasteiger partial charge >= 0.3 is 0 Å². The molecule has 0 unspecified atom stereocenters. The molecule has 1 aromatic rings. The standard InChI is InChI=1S/C24H33N3O4.C5H7NO.2C2H6/c1-16-8-11-21(29)27(7)15-20(28)25-12-13-31-19-14-17(24(5,6)23(2,3)4)9-10-18(19)22(30)26-16;1-3-4-6-5(2)7;2*1-2/h8-11,14H,1,12-13,15H2,2-7H3,(H,25,28)(H,26,30);1H,4H2,2H3,(H,6,7);2*1-2H3/b11-8+;;;. The van der Waals surface area contributed by atoms with E-state index >= 15 is 0 Å². The summed E-state index contributed by atoms with van der Waals surface area (Å²) in [5.74, 6) is 1.57. The molecule has 0 bridgehead atoms. The van der Waals surface area contributed by atoms with E-state index in [1.165, 1.54) is 31.0 Å². The first-order valence-corrected chi connectivity index (χ1v) is 14.3. The van der Waals surface area contributed by atoms with Crippen LogP contribution in [-0.2, 0) is 19.8 Å². The van der Waals surface area contributed by atoms with Crippen LogP contribution in [0.5, 0.6) is 5.75 Å². The Morgan fingerprint density at radius 3 is 2.19 bits per heavy atom. The number of rotatable bonds is 2. The van der Waals surface area contributed by atoms with E-state index in [9.17, 15) is 19.2 Å². The highest BCUT2D eigenvalue weighted by atomic mass is 16.5. The molecule has 9 nitrogen and oxygen atoms in total. The van der Waals surface area contributed by atoms with E-state index in [1.807, 2.05) is 39.8 Å². The molecule has 0 saturated carbocycles. The first kappa shape index (κ1) is 40.1. The fourth-order valence-corrected chi connectivity index (χ4v) is 3.08. The number of hydrogen-bond acceptors (Lipinski definition) is 5. The third kappa shape index (κ3) is 14.0. The van der Waals surface area contributed by atoms with Crippen molar-refractivity contribution in [1.82, 2.24) is 20.9 Å². The number of amides is 4. The van der Waals surface area contributed by atoms with Crippen LogP contribution in [0.3, 0.4) is 0 Å². The minimum Gasteiger partial charge on any atom is -0.491 e. The van der Waals surface area contributed by atoms with Gasteiger partial charge in [0.1, 0.15) is 12.4 Å². The maximum absolute atomic E-state index is 12.9. The molecule has 234 valence electrons. The highest BCUT2D eigenvalue weighted by Crippen LogP contribution is 2.42. The Hall–Kier alpha value is -4.06. The number of fused-ring (bicyclic) bond motifs is 1. The van der Waals surface area contributed by atoms with Crippen molar-refractivity contribution in [3.05, 3.63) is 53.8 Å². The second kappa shape index (κ2) is 19.9. The minimum absolute atomic E-state index is 0.0189. The Morgan fingerprint density at radius 2 is 1.69 bits per heavy atom. The van der Waals surface area contributed by atoms with E-state index in [4.69, 9.17) is 11.2 Å². The fourth-order valence-electron chi connectivity index (χ4n) is 3.08. The number of allylic oxidation sites excluding steroid dienone is 1. The van der Waals surface area contributed by atoms with Crippen LogP contribution in [0.2, 0.25) is 0 Å². The molecule has 2 rings (SSSR count). The molecule has 3 N–H and O–H groups in total. The molecule has 0 saturated heterocycles. The van der Waals surface area contributed by atoms with Crippen LogP contribution in [0, 0.1) is 17.8 Å². The summed E-state index contributed by atoms with van der Waals surface area (Å²) < 4.78 is 5.91. The van der Waals surface area contributed by atoms with Gasteiger partial charge in [0.05, 0.1) is 25.2 Å². The lowest BCUT2D eigenvalue weighted by Crippen LogP contribution is -2.39. The summed E-state index contributed by atoms with van der Waals surface area (Å²) in [5.41, 5.74) is 1.46. The maximum Gasteiger partial charge on any atom is 0.259 e. The van der Waals surface area contributed by atoms with Crippen LogP contribution in [-0.4, -0.2) is 61.8 Å². The van der Waals surface area contributed by atoms with E-state index in [2.05, 4.69) is 63.1 Å². The summed E-state index contributed by atoms with van der Waals surface area (Å²) >= 11 is 0. The smallest absolute Gasteiger partial charge is 0.259 e. The van der Waals surface area contributed by atoms with Crippen molar-refractivity contribution in [2.24, 2.45) is 5.41 Å². The zero-order chi connectivity index (χ0) is 33.1. The number of nitrogens with zero attached hydrogens (tertiary/aromatic N) is 1. The zero-order valence-corrected chi connectivity index (χ0v) is 27.5. The van der Waals surface area contributed by atoms with Crippen LogP contribution < -0.4 is 20.7 Å². The molecule has 42 heavy (non-hydrogen) atoms. The normalized spacial score (nSPS) is 14.9. The minimum atomic E-state index is -0.385. The molecular weight excluding hydrogens is 532 g/mol. The SMILES string of the molecule is C#CCNC(C)=O.C=C1/C=C/C(=O)N(C)CC(=O)NCCOc2cc(C(C)(C)C(C)(C)C)ccc2C(=O)N1.CC.CC. The third-order valence-electron chi connectivity index (χ3n) is 6.40. The molecular formula is C33H52N4O5. The van der Waals surface area contributed by atoms with E-state index in [0.29, 0.717) is 17.9 Å². The molecule has 0 aromatic heterocycles. The average molecular weight is 585 g/mol. The number of carbonyl (C=O) groups excluding carboxylic acids is 4. The average Bonchev–Trinajstić information content (AvgIpc) is 2.94. The van der Waals surface area contributed by atoms with E-state index in [0.717, 1.165) is 5.56 Å². The summed E-state index contributed by atoms with van der Waals surface area (Å²) in [5, 5.41) is 7.83. The van der Waals surface area contributed by atoms with Gasteiger partial charge in [-0.15, -0.1) is 6.42 Å². The molecule has 0 aliphatic carbocycles. The lowest BCUT2D eigenvalue weighted by Gasteiger charge is -2.39. The summed E-state index contributed by atoms with van der Waals surface area (Å²) in [6, 6.07) is 5.55. The summed E-state index contributed by atoms with van der Waals surface area (Å²) in [7, 11) is 1.52. The van der Waals surface area contributed by atoms with Gasteiger partial charge in [0.15, 0.2) is 0 Å². The van der Waals surface area contributed by atoms with Crippen molar-refractivity contribution in [1.29, 1.82) is 0 Å². The Bertz CT molecular complexity index is 1120. The van der Waals surface area contributed by atoms with Crippen molar-refractivity contribution < 1.29 is 23.9 Å². The van der Waals surface area contributed by atoms with Crippen molar-refractivity contribution in [2.45, 2.75) is 74.7 Å². The van der Waals surface area contributed by atoms with Crippen LogP contribution in [0.1, 0.15) is 85.2 Å². The fraction of sp³-hybridized carbons (Fsp3) is 0.515. The lowest BCUT2D eigenvalue weighted by molar-refractivity contribution is -0.131. The Kier molecular flexibility index (Phi) is 19.0. The summed E-state index contributed by atoms with van der Waals surface area (Å²) in [4.78, 5) is 48.3. The highest BCUT2D eigenvalue weighted by molar-refractivity contribution is 5.98. The van der Waals surface area contributed by atoms with Gasteiger partial charge in [0.25, 0.3) is 5.91 Å². The number of benzene rings is 1. The van der Waals surface area contributed by atoms with Gasteiger partial charge in [-0.3, -0.25) is 19.2 Å². The van der Waals surface area contributed by atoms with Crippen molar-refractivity contribution in [2.75, 3.05) is 33.3 Å². The second-order valence-corrected chi connectivity index (χ2v) is 10.4. The molecule has 1 aromatic carbocycles. The number of terminal acetylenes is 1. The number of carbonyl (C=O) groups is 4. The first-order valence-electron chi connectivity index (χ1n) is 14.3. The van der Waals surface area contributed by atoms with Crippen LogP contribution in [0.4, 0.5) is 0 Å². The molecule has 4 amide bonds. The quantitative estimate of drug-likeness (QED) is 0.440. The second-order valence-electron chi connectivity index (χ2n) is 10.4. The maximum atomic E-state index is 12.9. The zero-order valence-electron chi connectivity index (χ0n) is 27.5. The largest absolute Gasteiger partial charge is 0.491 e. The van der Waals surface area contributed by atoms with Crippen LogP contribution in [0.25, 0.3) is 0 Å².